The average Bonchev–Trinajstić information content (AvgIpc) is 3.18. The third-order valence-electron chi connectivity index (χ3n) is 5.35. The second kappa shape index (κ2) is 11.4. The van der Waals surface area contributed by atoms with Crippen LogP contribution in [0.1, 0.15) is 37.8 Å². The van der Waals surface area contributed by atoms with Crippen molar-refractivity contribution in [1.29, 1.82) is 0 Å². The Morgan fingerprint density at radius 2 is 1.61 bits per heavy atom. The van der Waals surface area contributed by atoms with Crippen molar-refractivity contribution in [2.75, 3.05) is 0 Å². The number of nitrogens with zero attached hydrogens (tertiary/aromatic N) is 1. The van der Waals surface area contributed by atoms with E-state index in [0.717, 1.165) is 11.1 Å². The number of rotatable bonds is 10. The van der Waals surface area contributed by atoms with Crippen LogP contribution < -0.4 is 10.8 Å². The van der Waals surface area contributed by atoms with Crippen molar-refractivity contribution in [1.82, 2.24) is 15.7 Å². The molecule has 0 bridgehead atoms. The van der Waals surface area contributed by atoms with E-state index in [1.54, 1.807) is 13.8 Å². The van der Waals surface area contributed by atoms with E-state index in [1.807, 2.05) is 60.7 Å². The van der Waals surface area contributed by atoms with Gasteiger partial charge in [-0.05, 0) is 31.4 Å². The molecule has 1 heterocycles. The molecule has 2 atom stereocenters. The number of hydrogen-bond donors (Lipinski definition) is 2. The molecule has 3 rings (SSSR count). The fraction of sp³-hybridized carbons (Fsp3) is 0.360. The van der Waals surface area contributed by atoms with Crippen LogP contribution in [-0.4, -0.2) is 46.6 Å². The van der Waals surface area contributed by atoms with Crippen LogP contribution in [0.4, 0.5) is 0 Å². The zero-order valence-electron chi connectivity index (χ0n) is 18.8. The number of ketones is 1. The van der Waals surface area contributed by atoms with Crippen LogP contribution in [0.25, 0.3) is 0 Å². The van der Waals surface area contributed by atoms with Gasteiger partial charge in [-0.2, -0.15) is 0 Å². The molecule has 2 aromatic carbocycles. The van der Waals surface area contributed by atoms with Crippen LogP contribution in [0.5, 0.6) is 0 Å². The molecule has 0 aromatic heterocycles. The second-order valence-electron chi connectivity index (χ2n) is 8.27. The van der Waals surface area contributed by atoms with Gasteiger partial charge in [0.25, 0.3) is 0 Å². The van der Waals surface area contributed by atoms with Crippen molar-refractivity contribution in [3.63, 3.8) is 0 Å². The average molecular weight is 452 g/mol. The molecule has 1 unspecified atom stereocenters. The minimum Gasteiger partial charge on any atom is -0.344 e. The molecule has 0 aliphatic carbocycles. The highest BCUT2D eigenvalue weighted by molar-refractivity contribution is 6.38. The van der Waals surface area contributed by atoms with Gasteiger partial charge in [0.05, 0.1) is 6.10 Å². The number of hydrogen-bond acceptors (Lipinski definition) is 5. The molecule has 2 N–H and O–H groups in total. The predicted molar refractivity (Wildman–Crippen MR) is 121 cm³/mol. The van der Waals surface area contributed by atoms with Gasteiger partial charge in [-0.25, -0.2) is 5.48 Å². The molecular formula is C25H29N3O5. The summed E-state index contributed by atoms with van der Waals surface area (Å²) in [7, 11) is 0. The van der Waals surface area contributed by atoms with Gasteiger partial charge in [-0.15, -0.1) is 0 Å². The van der Waals surface area contributed by atoms with Crippen molar-refractivity contribution in [2.45, 2.75) is 57.8 Å². The Morgan fingerprint density at radius 3 is 2.21 bits per heavy atom. The van der Waals surface area contributed by atoms with Crippen molar-refractivity contribution < 1.29 is 24.0 Å². The molecule has 3 amide bonds. The van der Waals surface area contributed by atoms with Gasteiger partial charge in [-0.1, -0.05) is 60.7 Å². The summed E-state index contributed by atoms with van der Waals surface area (Å²) in [6.07, 6.45) is 0.442. The normalized spacial score (nSPS) is 16.5. The number of benzene rings is 2. The molecule has 1 saturated heterocycles. The Hall–Kier alpha value is -3.52. The fourth-order valence-corrected chi connectivity index (χ4v) is 3.69. The van der Waals surface area contributed by atoms with Gasteiger partial charge in [0.1, 0.15) is 12.1 Å². The van der Waals surface area contributed by atoms with E-state index in [2.05, 4.69) is 10.8 Å². The van der Waals surface area contributed by atoms with Crippen LogP contribution in [0.2, 0.25) is 0 Å². The van der Waals surface area contributed by atoms with E-state index in [4.69, 9.17) is 4.84 Å². The number of Topliss-reactive ketones (excluding diaryl/α,β-unsaturated/α-hetero) is 1. The Labute approximate surface area is 193 Å². The molecule has 33 heavy (non-hydrogen) atoms. The number of carbonyl (C=O) groups excluding carboxylic acids is 4. The maximum atomic E-state index is 13.2. The maximum absolute atomic E-state index is 13.2. The highest BCUT2D eigenvalue weighted by atomic mass is 16.7. The molecule has 1 aliphatic heterocycles. The fourth-order valence-electron chi connectivity index (χ4n) is 3.69. The number of nitrogens with one attached hydrogen (secondary N) is 2. The molecular weight excluding hydrogens is 422 g/mol. The largest absolute Gasteiger partial charge is 0.344 e. The van der Waals surface area contributed by atoms with Gasteiger partial charge < -0.3 is 10.2 Å². The summed E-state index contributed by atoms with van der Waals surface area (Å²) in [6.45, 7) is 3.73. The van der Waals surface area contributed by atoms with Gasteiger partial charge in [0.2, 0.25) is 17.6 Å². The zero-order valence-corrected chi connectivity index (χ0v) is 18.8. The van der Waals surface area contributed by atoms with E-state index in [1.165, 1.54) is 4.90 Å². The maximum Gasteiger partial charge on any atom is 0.313 e. The summed E-state index contributed by atoms with van der Waals surface area (Å²) in [5.41, 5.74) is 3.83. The van der Waals surface area contributed by atoms with Crippen molar-refractivity contribution in [2.24, 2.45) is 0 Å². The van der Waals surface area contributed by atoms with Crippen LogP contribution in [0.15, 0.2) is 60.7 Å². The van der Waals surface area contributed by atoms with Gasteiger partial charge in [-0.3, -0.25) is 24.0 Å². The number of likely N-dealkylation sites (tertiary alicyclic amines) is 1. The van der Waals surface area contributed by atoms with Crippen LogP contribution >= 0.6 is 0 Å². The van der Waals surface area contributed by atoms with Crippen LogP contribution in [0, 0.1) is 0 Å². The highest BCUT2D eigenvalue weighted by Gasteiger charge is 2.38. The summed E-state index contributed by atoms with van der Waals surface area (Å²) in [4.78, 5) is 57.4. The first-order valence-electron chi connectivity index (χ1n) is 11.0. The van der Waals surface area contributed by atoms with E-state index in [9.17, 15) is 19.2 Å². The Kier molecular flexibility index (Phi) is 8.32. The first kappa shape index (κ1) is 24.1. The molecule has 174 valence electrons. The smallest absolute Gasteiger partial charge is 0.313 e. The van der Waals surface area contributed by atoms with E-state index in [-0.39, 0.29) is 24.9 Å². The molecule has 0 spiro atoms. The lowest BCUT2D eigenvalue weighted by molar-refractivity contribution is -0.149. The summed E-state index contributed by atoms with van der Waals surface area (Å²) in [5.74, 6) is -2.32. The lowest BCUT2D eigenvalue weighted by atomic mass is 10.0. The standard InChI is InChI=1S/C25H29N3O5/c1-17(2)33-27-25(32)23(30)20(15-18-9-5-3-6-10-18)26-24(31)21-13-14-22(29)28(21)16-19-11-7-4-8-12-19/h3-12,17,20-21H,13-16H2,1-2H3,(H,26,31)(H,27,32)/t20?,21-/m0/s1. The van der Waals surface area contributed by atoms with Crippen molar-refractivity contribution in [3.8, 4) is 0 Å². The molecule has 8 heteroatoms. The summed E-state index contributed by atoms with van der Waals surface area (Å²) < 4.78 is 0. The molecule has 2 aromatic rings. The second-order valence-corrected chi connectivity index (χ2v) is 8.27. The monoisotopic (exact) mass is 451 g/mol. The predicted octanol–water partition coefficient (Wildman–Crippen LogP) is 1.93. The first-order chi connectivity index (χ1) is 15.8. The molecule has 8 nitrogen and oxygen atoms in total. The molecule has 1 aliphatic rings. The van der Waals surface area contributed by atoms with E-state index in [0.29, 0.717) is 13.0 Å². The Bertz CT molecular complexity index is 978. The molecule has 0 saturated carbocycles. The zero-order chi connectivity index (χ0) is 23.8. The van der Waals surface area contributed by atoms with Crippen LogP contribution in [0.3, 0.4) is 0 Å². The van der Waals surface area contributed by atoms with Gasteiger partial charge in [0, 0.05) is 19.4 Å². The summed E-state index contributed by atoms with van der Waals surface area (Å²) in [5, 5.41) is 2.71. The first-order valence-corrected chi connectivity index (χ1v) is 11.0. The molecule has 0 radical (unpaired) electrons. The quantitative estimate of drug-likeness (QED) is 0.424. The topological polar surface area (TPSA) is 105 Å². The Balaban J connectivity index is 1.74. The SMILES string of the molecule is CC(C)ONC(=O)C(=O)C(Cc1ccccc1)NC(=O)[C@@H]1CCC(=O)N1Cc1ccccc1. The van der Waals surface area contributed by atoms with Gasteiger partial charge in [0.15, 0.2) is 0 Å². The van der Waals surface area contributed by atoms with E-state index >= 15 is 0 Å². The summed E-state index contributed by atoms with van der Waals surface area (Å²) >= 11 is 0. The summed E-state index contributed by atoms with van der Waals surface area (Å²) in [6, 6.07) is 16.7. The highest BCUT2D eigenvalue weighted by Crippen LogP contribution is 2.22. The van der Waals surface area contributed by atoms with Crippen molar-refractivity contribution in [3.05, 3.63) is 71.8 Å². The number of carbonyl (C=O) groups is 4. The van der Waals surface area contributed by atoms with Gasteiger partial charge >= 0.3 is 5.91 Å². The lowest BCUT2D eigenvalue weighted by Gasteiger charge is -2.26. The minimum absolute atomic E-state index is 0.118. The van der Waals surface area contributed by atoms with E-state index < -0.39 is 29.7 Å². The third kappa shape index (κ3) is 6.73. The number of amides is 3. The lowest BCUT2D eigenvalue weighted by Crippen LogP contribution is -2.53. The molecule has 1 fully saturated rings. The number of hydroxylamine groups is 1. The van der Waals surface area contributed by atoms with Crippen LogP contribution in [-0.2, 0) is 37.0 Å². The minimum atomic E-state index is -1.09. The Morgan fingerprint density at radius 1 is 1.00 bits per heavy atom. The third-order valence-corrected chi connectivity index (χ3v) is 5.35. The van der Waals surface area contributed by atoms with Crippen molar-refractivity contribution >= 4 is 23.5 Å².